The molecule has 8 amide bonds. The number of hydrogen-bond acceptors (Lipinski definition) is 14. The van der Waals surface area contributed by atoms with Gasteiger partial charge in [-0.2, -0.15) is 0 Å². The van der Waals surface area contributed by atoms with Gasteiger partial charge in [0.05, 0.1) is 67.5 Å². The number of amides is 8. The Morgan fingerprint density at radius 1 is 0.877 bits per heavy atom. The van der Waals surface area contributed by atoms with Crippen LogP contribution in [0.1, 0.15) is 45.6 Å². The number of carboxylic acids is 1. The number of aliphatic hydroxyl groups excluding tert-OH is 3. The Morgan fingerprint density at radius 2 is 1.55 bits per heavy atom. The quantitative estimate of drug-likeness (QED) is 0.118. The van der Waals surface area contributed by atoms with E-state index in [4.69, 9.17) is 4.74 Å². The average molecular weight is 934 g/mol. The highest BCUT2D eigenvalue weighted by Gasteiger charge is 2.45. The van der Waals surface area contributed by atoms with Crippen LogP contribution in [0.4, 0.5) is 0 Å². The number of fused-ring (bicyclic) bond motifs is 5. The summed E-state index contributed by atoms with van der Waals surface area (Å²) in [6.07, 6.45) is -4.65. The SMILES string of the molecule is CCC(C)C1NC(=O)CNC(=O)C2Cc3c([nH]c4cc(OC)ccc34)S(=O)CC(NC(=O)CNC1=O)C(=O)NC(CC(=O)O)C(=O)N1CC(O)CC1C(=O)NC(C(C)C(O)CO)C(=O)N2. The summed E-state index contributed by atoms with van der Waals surface area (Å²) >= 11 is 0. The molecule has 4 heterocycles. The van der Waals surface area contributed by atoms with Crippen LogP contribution < -0.4 is 42.0 Å². The predicted molar refractivity (Wildman–Crippen MR) is 226 cm³/mol. The first-order valence-corrected chi connectivity index (χ1v) is 22.2. The van der Waals surface area contributed by atoms with E-state index in [9.17, 15) is 67.8 Å². The molecule has 5 rings (SSSR count). The number of aromatic amines is 1. The van der Waals surface area contributed by atoms with Gasteiger partial charge in [0.25, 0.3) is 0 Å². The summed E-state index contributed by atoms with van der Waals surface area (Å²) in [6, 6.07) is -5.46. The fourth-order valence-electron chi connectivity index (χ4n) is 7.79. The number of ether oxygens (including phenoxy) is 1. The first-order valence-electron chi connectivity index (χ1n) is 20.9. The van der Waals surface area contributed by atoms with Crippen molar-refractivity contribution in [3.8, 4) is 5.75 Å². The summed E-state index contributed by atoms with van der Waals surface area (Å²) in [5.74, 6) is -12.1. The second-order valence-electron chi connectivity index (χ2n) is 16.3. The Balaban J connectivity index is 1.74. The molecule has 356 valence electrons. The highest BCUT2D eigenvalue weighted by molar-refractivity contribution is 7.85. The number of carboxylic acid groups (broad SMARTS) is 1. The molecule has 65 heavy (non-hydrogen) atoms. The third-order valence-corrected chi connectivity index (χ3v) is 13.2. The molecule has 12 N–H and O–H groups in total. The van der Waals surface area contributed by atoms with Gasteiger partial charge < -0.3 is 72.3 Å². The summed E-state index contributed by atoms with van der Waals surface area (Å²) in [4.78, 5) is 127. The Hall–Kier alpha value is -6.18. The maximum absolute atomic E-state index is 14.6. The molecule has 3 aliphatic heterocycles. The van der Waals surface area contributed by atoms with Crippen molar-refractivity contribution in [3.05, 3.63) is 23.8 Å². The van der Waals surface area contributed by atoms with Gasteiger partial charge in [-0.3, -0.25) is 47.4 Å². The summed E-state index contributed by atoms with van der Waals surface area (Å²) in [7, 11) is -0.976. The lowest BCUT2D eigenvalue weighted by Crippen LogP contribution is -2.62. The zero-order valence-electron chi connectivity index (χ0n) is 36.0. The largest absolute Gasteiger partial charge is 0.497 e. The van der Waals surface area contributed by atoms with Crippen LogP contribution in [-0.2, 0) is 60.4 Å². The molecule has 1 aromatic heterocycles. The first kappa shape index (κ1) is 49.8. The number of carbonyl (C=O) groups is 9. The topological polar surface area (TPSA) is 364 Å². The number of hydrogen-bond donors (Lipinski definition) is 12. The highest BCUT2D eigenvalue weighted by atomic mass is 32.2. The van der Waals surface area contributed by atoms with Gasteiger partial charge in [-0.1, -0.05) is 27.2 Å². The molecule has 2 bridgehead atoms. The second kappa shape index (κ2) is 21.7. The maximum atomic E-state index is 14.6. The van der Waals surface area contributed by atoms with E-state index in [1.807, 2.05) is 0 Å². The van der Waals surface area contributed by atoms with Gasteiger partial charge in [-0.15, -0.1) is 0 Å². The predicted octanol–water partition coefficient (Wildman–Crippen LogP) is -5.02. The van der Waals surface area contributed by atoms with Gasteiger partial charge in [0.1, 0.15) is 47.0 Å². The van der Waals surface area contributed by atoms with Crippen molar-refractivity contribution in [1.82, 2.24) is 47.1 Å². The van der Waals surface area contributed by atoms with Crippen LogP contribution in [-0.4, -0.2) is 175 Å². The maximum Gasteiger partial charge on any atom is 0.305 e. The summed E-state index contributed by atoms with van der Waals surface area (Å²) in [5.41, 5.74) is 0.425. The molecule has 24 nitrogen and oxygen atoms in total. The summed E-state index contributed by atoms with van der Waals surface area (Å²) in [6.45, 7) is 1.73. The monoisotopic (exact) mass is 933 g/mol. The van der Waals surface area contributed by atoms with Crippen LogP contribution in [0.3, 0.4) is 0 Å². The van der Waals surface area contributed by atoms with Crippen molar-refractivity contribution in [2.45, 2.75) is 99.9 Å². The lowest BCUT2D eigenvalue weighted by Gasteiger charge is -2.32. The van der Waals surface area contributed by atoms with Crippen molar-refractivity contribution in [2.75, 3.05) is 39.1 Å². The standard InChI is InChI=1S/C40H55N9O15S/c1-5-17(2)32-37(60)42-12-29(53)43-26-16-65(63)39-22(21-7-6-20(64-4)9-23(21)46-39)10-24(34(57)41-13-30(54)47-32)44-38(61)33(18(3)28(52)15-50)48-36(59)27-8-19(51)14-49(27)40(62)25(11-31(55)56)45-35(26)58/h6-7,9,17-19,24-28,32-33,46,50-52H,5,8,10-16H2,1-4H3,(H,41,57)(H,42,60)(H,43,53)(H,44,61)(H,45,58)(H,47,54)(H,48,59)(H,55,56). The van der Waals surface area contributed by atoms with E-state index in [-0.39, 0.29) is 10.6 Å². The third-order valence-electron chi connectivity index (χ3n) is 11.7. The normalized spacial score (nSPS) is 28.2. The van der Waals surface area contributed by atoms with Crippen LogP contribution in [0.5, 0.6) is 5.75 Å². The van der Waals surface area contributed by atoms with Crippen molar-refractivity contribution in [2.24, 2.45) is 11.8 Å². The Bertz CT molecular complexity index is 2220. The molecule has 2 aromatic rings. The van der Waals surface area contributed by atoms with Gasteiger partial charge in [0, 0.05) is 36.8 Å². The number of carbonyl (C=O) groups excluding carboxylic acids is 8. The lowest BCUT2D eigenvalue weighted by molar-refractivity contribution is -0.146. The Kier molecular flexibility index (Phi) is 16.6. The van der Waals surface area contributed by atoms with E-state index in [0.717, 1.165) is 4.90 Å². The number of methoxy groups -OCH3 is 1. The molecule has 0 aliphatic carbocycles. The molecular weight excluding hydrogens is 879 g/mol. The Morgan fingerprint density at radius 3 is 2.20 bits per heavy atom. The van der Waals surface area contributed by atoms with E-state index in [0.29, 0.717) is 23.1 Å². The highest BCUT2D eigenvalue weighted by Crippen LogP contribution is 2.30. The third kappa shape index (κ3) is 11.9. The number of benzene rings is 1. The summed E-state index contributed by atoms with van der Waals surface area (Å²) in [5, 5.41) is 58.4. The molecule has 1 aromatic carbocycles. The van der Waals surface area contributed by atoms with Gasteiger partial charge in [-0.25, -0.2) is 0 Å². The lowest BCUT2D eigenvalue weighted by atomic mass is 9.93. The molecule has 0 spiro atoms. The number of aromatic nitrogens is 1. The number of rotatable bonds is 8. The van der Waals surface area contributed by atoms with Crippen LogP contribution in [0, 0.1) is 11.8 Å². The smallest absolute Gasteiger partial charge is 0.305 e. The van der Waals surface area contributed by atoms with Crippen LogP contribution >= 0.6 is 0 Å². The van der Waals surface area contributed by atoms with E-state index in [1.54, 1.807) is 26.0 Å². The minimum atomic E-state index is -2.37. The molecule has 0 radical (unpaired) electrons. The molecule has 25 heteroatoms. The molecule has 1 fully saturated rings. The Labute approximate surface area is 374 Å². The van der Waals surface area contributed by atoms with Gasteiger partial charge in [-0.05, 0) is 23.6 Å². The van der Waals surface area contributed by atoms with E-state index >= 15 is 0 Å². The minimum absolute atomic E-state index is 0.126. The minimum Gasteiger partial charge on any atom is -0.497 e. The molecule has 0 saturated carbocycles. The van der Waals surface area contributed by atoms with E-state index in [1.165, 1.54) is 20.1 Å². The van der Waals surface area contributed by atoms with E-state index < -0.39 is 176 Å². The van der Waals surface area contributed by atoms with Gasteiger partial charge in [0.15, 0.2) is 0 Å². The van der Waals surface area contributed by atoms with E-state index in [2.05, 4.69) is 42.2 Å². The molecule has 11 unspecified atom stereocenters. The zero-order chi connectivity index (χ0) is 47.9. The van der Waals surface area contributed by atoms with Gasteiger partial charge in [0.2, 0.25) is 47.3 Å². The number of aliphatic carboxylic acids is 1. The van der Waals surface area contributed by atoms with Crippen LogP contribution in [0.2, 0.25) is 0 Å². The first-order chi connectivity index (χ1) is 30.8. The number of aliphatic hydroxyl groups is 3. The number of nitrogens with one attached hydrogen (secondary N) is 8. The average Bonchev–Trinajstić information content (AvgIpc) is 3.85. The second-order valence-corrected chi connectivity index (χ2v) is 17.7. The number of nitrogens with zero attached hydrogens (tertiary/aromatic N) is 1. The van der Waals surface area contributed by atoms with Crippen LogP contribution in [0.25, 0.3) is 10.9 Å². The summed E-state index contributed by atoms with van der Waals surface area (Å²) < 4.78 is 20.0. The van der Waals surface area contributed by atoms with Crippen molar-refractivity contribution in [1.29, 1.82) is 0 Å². The molecular formula is C40H55N9O15S. The number of H-pyrrole nitrogens is 1. The fraction of sp³-hybridized carbons (Fsp3) is 0.575. The molecule has 3 aliphatic rings. The van der Waals surface area contributed by atoms with Crippen molar-refractivity contribution < 1.29 is 72.5 Å². The molecule has 11 atom stereocenters. The molecule has 1 saturated heterocycles. The zero-order valence-corrected chi connectivity index (χ0v) is 36.8. The fourth-order valence-corrected chi connectivity index (χ4v) is 9.19. The van der Waals surface area contributed by atoms with Crippen molar-refractivity contribution >= 4 is 74.9 Å². The van der Waals surface area contributed by atoms with Crippen LogP contribution in [0.15, 0.2) is 23.2 Å². The van der Waals surface area contributed by atoms with Gasteiger partial charge >= 0.3 is 5.97 Å². The van der Waals surface area contributed by atoms with Crippen molar-refractivity contribution in [3.63, 3.8) is 0 Å².